The molecule has 0 aromatic carbocycles. The lowest BCUT2D eigenvalue weighted by molar-refractivity contribution is -0.116. The van der Waals surface area contributed by atoms with E-state index in [0.29, 0.717) is 18.7 Å². The van der Waals surface area contributed by atoms with Gasteiger partial charge in [-0.25, -0.2) is 4.99 Å². The second kappa shape index (κ2) is 5.60. The van der Waals surface area contributed by atoms with E-state index in [1.165, 1.54) is 11.8 Å². The van der Waals surface area contributed by atoms with Crippen LogP contribution in [0.2, 0.25) is 0 Å². The molecule has 1 aromatic heterocycles. The summed E-state index contributed by atoms with van der Waals surface area (Å²) >= 11 is 1.48. The molecule has 6 nitrogen and oxygen atoms in total. The summed E-state index contributed by atoms with van der Waals surface area (Å²) in [6.07, 6.45) is 5.60. The Bertz CT molecular complexity index is 785. The first-order valence-corrected chi connectivity index (χ1v) is 8.92. The number of hydrogen-bond donors (Lipinski definition) is 2. The molecule has 2 N–H and O–H groups in total. The standard InChI is InChI=1S/C17H19N3O3S/c1-17(2,22)6-11-10-4-3-5-23-13-12(10)15(16(21)20-11)24-14(13)9-7-18-19-8-9/h7-8,15,22H,3-6H2,1-2H3,(H,18,19). The number of carbonyl (C=O) groups is 1. The van der Waals surface area contributed by atoms with Crippen LogP contribution in [0.4, 0.5) is 0 Å². The van der Waals surface area contributed by atoms with Crippen LogP contribution in [-0.4, -0.2) is 44.4 Å². The normalized spacial score (nSPS) is 23.9. The molecule has 0 fully saturated rings. The highest BCUT2D eigenvalue weighted by atomic mass is 32.2. The van der Waals surface area contributed by atoms with Gasteiger partial charge in [0.1, 0.15) is 11.0 Å². The van der Waals surface area contributed by atoms with E-state index < -0.39 is 5.60 Å². The predicted octanol–water partition coefficient (Wildman–Crippen LogP) is 2.44. The number of amides is 1. The minimum Gasteiger partial charge on any atom is -0.492 e. The number of aromatic nitrogens is 2. The molecule has 1 atom stereocenters. The highest BCUT2D eigenvalue weighted by Crippen LogP contribution is 2.52. The topological polar surface area (TPSA) is 87.6 Å². The number of aliphatic imine (C=N–C) groups is 1. The Balaban J connectivity index is 1.85. The summed E-state index contributed by atoms with van der Waals surface area (Å²) in [5.74, 6) is 0.620. The Morgan fingerprint density at radius 2 is 2.33 bits per heavy atom. The van der Waals surface area contributed by atoms with E-state index in [1.54, 1.807) is 20.0 Å². The zero-order valence-corrected chi connectivity index (χ0v) is 14.4. The number of ether oxygens (including phenoxy) is 1. The second-order valence-electron chi connectivity index (χ2n) is 6.87. The van der Waals surface area contributed by atoms with Crippen LogP contribution in [0, 0.1) is 0 Å². The van der Waals surface area contributed by atoms with E-state index in [1.807, 2.05) is 6.20 Å². The van der Waals surface area contributed by atoms with E-state index in [4.69, 9.17) is 4.74 Å². The maximum atomic E-state index is 12.6. The van der Waals surface area contributed by atoms with Gasteiger partial charge in [-0.05, 0) is 32.3 Å². The van der Waals surface area contributed by atoms with Gasteiger partial charge in [-0.15, -0.1) is 11.8 Å². The number of aromatic amines is 1. The molecule has 1 unspecified atom stereocenters. The van der Waals surface area contributed by atoms with Gasteiger partial charge in [0.2, 0.25) is 0 Å². The third kappa shape index (κ3) is 2.61. The van der Waals surface area contributed by atoms with Crippen molar-refractivity contribution in [3.63, 3.8) is 0 Å². The summed E-state index contributed by atoms with van der Waals surface area (Å²) in [7, 11) is 0. The van der Waals surface area contributed by atoms with E-state index in [9.17, 15) is 9.90 Å². The van der Waals surface area contributed by atoms with Crippen molar-refractivity contribution >= 4 is 28.3 Å². The average molecular weight is 345 g/mol. The fraction of sp³-hybridized carbons (Fsp3) is 0.471. The summed E-state index contributed by atoms with van der Waals surface area (Å²) in [5.41, 5.74) is 2.74. The maximum Gasteiger partial charge on any atom is 0.264 e. The molecule has 7 heteroatoms. The van der Waals surface area contributed by atoms with Crippen LogP contribution in [0.5, 0.6) is 0 Å². The maximum absolute atomic E-state index is 12.6. The van der Waals surface area contributed by atoms with Crippen LogP contribution in [-0.2, 0) is 9.53 Å². The van der Waals surface area contributed by atoms with Crippen molar-refractivity contribution in [3.05, 3.63) is 34.9 Å². The van der Waals surface area contributed by atoms with Crippen molar-refractivity contribution in [1.29, 1.82) is 0 Å². The Hall–Kier alpha value is -1.86. The molecule has 0 bridgehead atoms. The molecule has 0 radical (unpaired) electrons. The van der Waals surface area contributed by atoms with E-state index in [-0.39, 0.29) is 11.2 Å². The van der Waals surface area contributed by atoms with Gasteiger partial charge in [-0.3, -0.25) is 9.89 Å². The van der Waals surface area contributed by atoms with Gasteiger partial charge in [-0.1, -0.05) is 0 Å². The van der Waals surface area contributed by atoms with E-state index in [2.05, 4.69) is 15.2 Å². The first kappa shape index (κ1) is 15.7. The lowest BCUT2D eigenvalue weighted by Gasteiger charge is -2.25. The number of rotatable bonds is 3. The first-order chi connectivity index (χ1) is 11.4. The molecule has 0 aliphatic carbocycles. The summed E-state index contributed by atoms with van der Waals surface area (Å²) in [4.78, 5) is 17.9. The summed E-state index contributed by atoms with van der Waals surface area (Å²) < 4.78 is 6.02. The van der Waals surface area contributed by atoms with Gasteiger partial charge >= 0.3 is 0 Å². The predicted molar refractivity (Wildman–Crippen MR) is 92.5 cm³/mol. The van der Waals surface area contributed by atoms with Crippen molar-refractivity contribution in [2.75, 3.05) is 6.61 Å². The number of nitrogens with zero attached hydrogens (tertiary/aromatic N) is 2. The van der Waals surface area contributed by atoms with Gasteiger partial charge in [0, 0.05) is 23.8 Å². The molecule has 24 heavy (non-hydrogen) atoms. The number of dihydropyridines is 1. The lowest BCUT2D eigenvalue weighted by atomic mass is 9.87. The van der Waals surface area contributed by atoms with Crippen LogP contribution >= 0.6 is 11.8 Å². The van der Waals surface area contributed by atoms with E-state index in [0.717, 1.165) is 40.2 Å². The van der Waals surface area contributed by atoms with Crippen molar-refractivity contribution < 1.29 is 14.6 Å². The lowest BCUT2D eigenvalue weighted by Crippen LogP contribution is -2.31. The number of aliphatic hydroxyl groups is 1. The van der Waals surface area contributed by atoms with Gasteiger partial charge in [0.05, 0.1) is 29.0 Å². The van der Waals surface area contributed by atoms with Crippen molar-refractivity contribution in [2.24, 2.45) is 4.99 Å². The molecular weight excluding hydrogens is 326 g/mol. The van der Waals surface area contributed by atoms with Crippen LogP contribution < -0.4 is 0 Å². The number of allylic oxidation sites excluding steroid dienone is 2. The van der Waals surface area contributed by atoms with Crippen molar-refractivity contribution in [1.82, 2.24) is 10.2 Å². The zero-order valence-electron chi connectivity index (χ0n) is 13.6. The molecule has 4 rings (SSSR count). The Labute approximate surface area is 144 Å². The Morgan fingerprint density at radius 1 is 1.50 bits per heavy atom. The molecule has 1 amide bonds. The van der Waals surface area contributed by atoms with Gasteiger partial charge in [0.15, 0.2) is 0 Å². The Morgan fingerprint density at radius 3 is 3.04 bits per heavy atom. The molecule has 3 aliphatic rings. The molecule has 0 saturated carbocycles. The largest absolute Gasteiger partial charge is 0.492 e. The highest BCUT2D eigenvalue weighted by molar-refractivity contribution is 8.10. The number of H-pyrrole nitrogens is 1. The van der Waals surface area contributed by atoms with E-state index >= 15 is 0 Å². The number of nitrogens with one attached hydrogen (secondary N) is 1. The summed E-state index contributed by atoms with van der Waals surface area (Å²) in [5, 5.41) is 16.7. The van der Waals surface area contributed by atoms with Gasteiger partial charge in [-0.2, -0.15) is 5.10 Å². The minimum atomic E-state index is -0.907. The van der Waals surface area contributed by atoms with Crippen LogP contribution in [0.25, 0.3) is 4.91 Å². The number of carbonyl (C=O) groups excluding carboxylic acids is 1. The van der Waals surface area contributed by atoms with Gasteiger partial charge in [0.25, 0.3) is 5.91 Å². The zero-order chi connectivity index (χ0) is 16.9. The average Bonchev–Trinajstić information content (AvgIpc) is 3.07. The van der Waals surface area contributed by atoms with Crippen LogP contribution in [0.15, 0.2) is 34.3 Å². The van der Waals surface area contributed by atoms with Crippen molar-refractivity contribution in [2.45, 2.75) is 44.0 Å². The Kier molecular flexibility index (Phi) is 3.65. The highest BCUT2D eigenvalue weighted by Gasteiger charge is 2.44. The van der Waals surface area contributed by atoms with Crippen LogP contribution in [0.1, 0.15) is 38.7 Å². The SMILES string of the molecule is CC(C)(O)CC1=NC(=O)C2SC(c3cn[nH]c3)=C3OCCCC1=C32. The molecular formula is C17H19N3O3S. The minimum absolute atomic E-state index is 0.167. The fourth-order valence-electron chi connectivity index (χ4n) is 3.33. The monoisotopic (exact) mass is 345 g/mol. The molecule has 0 spiro atoms. The quantitative estimate of drug-likeness (QED) is 0.878. The molecule has 3 aliphatic heterocycles. The molecule has 0 saturated heterocycles. The molecule has 4 heterocycles. The van der Waals surface area contributed by atoms with Crippen molar-refractivity contribution in [3.8, 4) is 0 Å². The number of hydrogen-bond acceptors (Lipinski definition) is 5. The summed E-state index contributed by atoms with van der Waals surface area (Å²) in [6, 6.07) is 0. The fourth-order valence-corrected chi connectivity index (χ4v) is 4.61. The third-order valence-electron chi connectivity index (χ3n) is 4.27. The molecule has 126 valence electrons. The third-order valence-corrected chi connectivity index (χ3v) is 5.60. The first-order valence-electron chi connectivity index (χ1n) is 8.04. The second-order valence-corrected chi connectivity index (χ2v) is 7.99. The van der Waals surface area contributed by atoms with Crippen LogP contribution in [0.3, 0.4) is 0 Å². The smallest absolute Gasteiger partial charge is 0.264 e. The van der Waals surface area contributed by atoms with Gasteiger partial charge < -0.3 is 9.84 Å². The summed E-state index contributed by atoms with van der Waals surface area (Å²) in [6.45, 7) is 4.09. The molecule has 1 aromatic rings. The number of thioether (sulfide) groups is 1.